The van der Waals surface area contributed by atoms with Gasteiger partial charge in [0.1, 0.15) is 6.04 Å². The molecule has 2 N–H and O–H groups in total. The first-order chi connectivity index (χ1) is 11.3. The van der Waals surface area contributed by atoms with E-state index >= 15 is 0 Å². The lowest BCUT2D eigenvalue weighted by molar-refractivity contribution is -0.154. The summed E-state index contributed by atoms with van der Waals surface area (Å²) in [5.74, 6) is -1.33. The topological polar surface area (TPSA) is 113 Å². The fourth-order valence-corrected chi connectivity index (χ4v) is 5.06. The summed E-state index contributed by atoms with van der Waals surface area (Å²) in [6.07, 6.45) is 2.28. The Balaban J connectivity index is 2.02. The third-order valence-corrected chi connectivity index (χ3v) is 6.91. The van der Waals surface area contributed by atoms with Crippen molar-refractivity contribution < 1.29 is 27.9 Å². The molecule has 8 nitrogen and oxygen atoms in total. The normalized spacial score (nSPS) is 24.6. The zero-order valence-electron chi connectivity index (χ0n) is 14.0. The minimum atomic E-state index is -3.44. The van der Waals surface area contributed by atoms with Crippen LogP contribution in [0.25, 0.3) is 0 Å². The summed E-state index contributed by atoms with van der Waals surface area (Å²) >= 11 is 0. The van der Waals surface area contributed by atoms with Gasteiger partial charge < -0.3 is 15.2 Å². The van der Waals surface area contributed by atoms with E-state index in [2.05, 4.69) is 5.32 Å². The third kappa shape index (κ3) is 4.07. The summed E-state index contributed by atoms with van der Waals surface area (Å²) in [7, 11) is -3.44. The maximum absolute atomic E-state index is 12.5. The first kappa shape index (κ1) is 19.1. The molecule has 1 atom stereocenters. The summed E-state index contributed by atoms with van der Waals surface area (Å²) in [6.45, 7) is 2.83. The van der Waals surface area contributed by atoms with Gasteiger partial charge in [-0.2, -0.15) is 4.31 Å². The van der Waals surface area contributed by atoms with E-state index in [-0.39, 0.29) is 12.3 Å². The molecule has 1 unspecified atom stereocenters. The van der Waals surface area contributed by atoms with Gasteiger partial charge in [0.25, 0.3) is 0 Å². The van der Waals surface area contributed by atoms with Crippen LogP contribution in [0.3, 0.4) is 0 Å². The predicted molar refractivity (Wildman–Crippen MR) is 86.9 cm³/mol. The molecule has 0 spiro atoms. The van der Waals surface area contributed by atoms with Gasteiger partial charge in [0.2, 0.25) is 15.9 Å². The standard InChI is InChI=1S/C15H26N2O6S/c1-2-10-24(21,22)17-7-3-4-12(17)13(18)16-11-15(14(19)20)5-8-23-9-6-15/h12H,2-11H2,1H3,(H,16,18)(H,19,20). The zero-order valence-corrected chi connectivity index (χ0v) is 14.8. The van der Waals surface area contributed by atoms with E-state index in [9.17, 15) is 23.1 Å². The second kappa shape index (κ2) is 7.79. The van der Waals surface area contributed by atoms with Gasteiger partial charge in [-0.25, -0.2) is 8.42 Å². The van der Waals surface area contributed by atoms with Crippen molar-refractivity contribution in [2.24, 2.45) is 5.41 Å². The molecule has 0 aromatic rings. The Labute approximate surface area is 142 Å². The Kier molecular flexibility index (Phi) is 6.22. The molecule has 2 heterocycles. The lowest BCUT2D eigenvalue weighted by atomic mass is 9.80. The molecule has 0 aromatic carbocycles. The highest BCUT2D eigenvalue weighted by atomic mass is 32.2. The van der Waals surface area contributed by atoms with Crippen molar-refractivity contribution in [3.63, 3.8) is 0 Å². The highest BCUT2D eigenvalue weighted by molar-refractivity contribution is 7.89. The van der Waals surface area contributed by atoms with E-state index in [1.54, 1.807) is 6.92 Å². The van der Waals surface area contributed by atoms with Crippen LogP contribution in [-0.4, -0.2) is 67.8 Å². The van der Waals surface area contributed by atoms with Crippen molar-refractivity contribution >= 4 is 21.9 Å². The molecule has 2 rings (SSSR count). The number of nitrogens with zero attached hydrogens (tertiary/aromatic N) is 1. The van der Waals surface area contributed by atoms with Crippen LogP contribution in [0.2, 0.25) is 0 Å². The maximum atomic E-state index is 12.5. The SMILES string of the molecule is CCCS(=O)(=O)N1CCCC1C(=O)NCC1(C(=O)O)CCOCC1. The predicted octanol–water partition coefficient (Wildman–Crippen LogP) is 0.188. The molecule has 2 fully saturated rings. The molecule has 0 bridgehead atoms. The molecule has 138 valence electrons. The summed E-state index contributed by atoms with van der Waals surface area (Å²) < 4.78 is 31.0. The molecule has 24 heavy (non-hydrogen) atoms. The average molecular weight is 362 g/mol. The van der Waals surface area contributed by atoms with E-state index in [1.165, 1.54) is 4.31 Å². The molecule has 0 saturated carbocycles. The summed E-state index contributed by atoms with van der Waals surface area (Å²) in [4.78, 5) is 24.1. The number of amides is 1. The van der Waals surface area contributed by atoms with Crippen molar-refractivity contribution in [3.05, 3.63) is 0 Å². The van der Waals surface area contributed by atoms with Crippen molar-refractivity contribution in [1.29, 1.82) is 0 Å². The molecule has 2 aliphatic rings. The number of hydrogen-bond acceptors (Lipinski definition) is 5. The van der Waals surface area contributed by atoms with Crippen LogP contribution in [0, 0.1) is 5.41 Å². The molecule has 1 amide bonds. The van der Waals surface area contributed by atoms with Crippen molar-refractivity contribution in [3.8, 4) is 0 Å². The number of carbonyl (C=O) groups excluding carboxylic acids is 1. The number of sulfonamides is 1. The fourth-order valence-electron chi connectivity index (χ4n) is 3.31. The van der Waals surface area contributed by atoms with Gasteiger partial charge in [0.15, 0.2) is 0 Å². The number of hydrogen-bond donors (Lipinski definition) is 2. The van der Waals surface area contributed by atoms with Crippen LogP contribution in [0.15, 0.2) is 0 Å². The first-order valence-corrected chi connectivity index (χ1v) is 10.0. The minimum absolute atomic E-state index is 0.00267. The highest BCUT2D eigenvalue weighted by Crippen LogP contribution is 2.30. The van der Waals surface area contributed by atoms with Crippen LogP contribution in [0.4, 0.5) is 0 Å². The summed E-state index contributed by atoms with van der Waals surface area (Å²) in [6, 6.07) is -0.729. The Morgan fingerprint density at radius 2 is 2.00 bits per heavy atom. The number of carbonyl (C=O) groups is 2. The molecule has 0 radical (unpaired) electrons. The Hall–Kier alpha value is -1.19. The van der Waals surface area contributed by atoms with Gasteiger partial charge in [-0.05, 0) is 32.1 Å². The van der Waals surface area contributed by atoms with Gasteiger partial charge in [-0.3, -0.25) is 9.59 Å². The fraction of sp³-hybridized carbons (Fsp3) is 0.867. The largest absolute Gasteiger partial charge is 0.481 e. The lowest BCUT2D eigenvalue weighted by Crippen LogP contribution is -2.51. The second-order valence-electron chi connectivity index (χ2n) is 6.50. The number of ether oxygens (including phenoxy) is 1. The van der Waals surface area contributed by atoms with Crippen LogP contribution in [0.5, 0.6) is 0 Å². The number of carboxylic acid groups (broad SMARTS) is 1. The van der Waals surface area contributed by atoms with Gasteiger partial charge in [0, 0.05) is 26.3 Å². The van der Waals surface area contributed by atoms with Gasteiger partial charge >= 0.3 is 5.97 Å². The third-order valence-electron chi connectivity index (χ3n) is 4.83. The number of rotatable bonds is 7. The summed E-state index contributed by atoms with van der Waals surface area (Å²) in [5.41, 5.74) is -1.03. The van der Waals surface area contributed by atoms with Crippen LogP contribution >= 0.6 is 0 Å². The molecule has 2 saturated heterocycles. The molecule has 0 aromatic heterocycles. The molecular weight excluding hydrogens is 336 g/mol. The maximum Gasteiger partial charge on any atom is 0.311 e. The molecule has 0 aliphatic carbocycles. The van der Waals surface area contributed by atoms with E-state index in [0.717, 1.165) is 0 Å². The molecular formula is C15H26N2O6S. The van der Waals surface area contributed by atoms with Gasteiger partial charge in [-0.15, -0.1) is 0 Å². The second-order valence-corrected chi connectivity index (χ2v) is 8.54. The van der Waals surface area contributed by atoms with Crippen LogP contribution < -0.4 is 5.32 Å². The highest BCUT2D eigenvalue weighted by Gasteiger charge is 2.43. The first-order valence-electron chi connectivity index (χ1n) is 8.41. The molecule has 9 heteroatoms. The van der Waals surface area contributed by atoms with E-state index in [1.807, 2.05) is 0 Å². The Morgan fingerprint density at radius 1 is 1.33 bits per heavy atom. The van der Waals surface area contributed by atoms with Crippen LogP contribution in [0.1, 0.15) is 39.0 Å². The number of carboxylic acids is 1. The smallest absolute Gasteiger partial charge is 0.311 e. The van der Waals surface area contributed by atoms with Gasteiger partial charge in [-0.1, -0.05) is 6.92 Å². The van der Waals surface area contributed by atoms with Crippen molar-refractivity contribution in [2.45, 2.75) is 45.1 Å². The Bertz CT molecular complexity index is 571. The van der Waals surface area contributed by atoms with Crippen molar-refractivity contribution in [2.75, 3.05) is 32.1 Å². The molecule has 2 aliphatic heterocycles. The van der Waals surface area contributed by atoms with Gasteiger partial charge in [0.05, 0.1) is 11.2 Å². The number of aliphatic carboxylic acids is 1. The minimum Gasteiger partial charge on any atom is -0.481 e. The quantitative estimate of drug-likeness (QED) is 0.668. The van der Waals surface area contributed by atoms with Crippen molar-refractivity contribution in [1.82, 2.24) is 9.62 Å². The van der Waals surface area contributed by atoms with E-state index in [4.69, 9.17) is 4.74 Å². The average Bonchev–Trinajstić information content (AvgIpc) is 3.04. The summed E-state index contributed by atoms with van der Waals surface area (Å²) in [5, 5.41) is 12.2. The monoisotopic (exact) mass is 362 g/mol. The van der Waals surface area contributed by atoms with E-state index in [0.29, 0.717) is 51.9 Å². The Morgan fingerprint density at radius 3 is 2.58 bits per heavy atom. The lowest BCUT2D eigenvalue weighted by Gasteiger charge is -2.33. The van der Waals surface area contributed by atoms with E-state index < -0.39 is 33.4 Å². The number of nitrogens with one attached hydrogen (secondary N) is 1. The van der Waals surface area contributed by atoms with Crippen LogP contribution in [-0.2, 0) is 24.3 Å². The zero-order chi connectivity index (χ0) is 17.8.